The fraction of sp³-hybridized carbons (Fsp3) is 0.407. The number of nitrogens with zero attached hydrogens (tertiary/aromatic N) is 1. The molecule has 2 aromatic carbocycles. The molecule has 4 rings (SSSR count). The Morgan fingerprint density at radius 3 is 2.46 bits per heavy atom. The molecule has 0 bridgehead atoms. The second-order valence-electron chi connectivity index (χ2n) is 9.13. The summed E-state index contributed by atoms with van der Waals surface area (Å²) in [4.78, 5) is 5.90. The van der Waals surface area contributed by atoms with E-state index in [0.717, 1.165) is 52.6 Å². The minimum Gasteiger partial charge on any atom is -0.361 e. The SMILES string of the molecule is CCCCN(CCCC)CCc1c[nH]c2ccc(NS(=O)(=O)c3sc4ccc(Cl)cc4c3C)cc12. The number of benzene rings is 2. The molecule has 188 valence electrons. The molecule has 0 spiro atoms. The van der Waals surface area contributed by atoms with Gasteiger partial charge in [-0.1, -0.05) is 38.3 Å². The number of aryl methyl sites for hydroxylation is 1. The molecule has 0 aliphatic rings. The number of hydrogen-bond acceptors (Lipinski definition) is 4. The Balaban J connectivity index is 1.55. The van der Waals surface area contributed by atoms with E-state index in [1.807, 2.05) is 37.3 Å². The molecule has 0 atom stereocenters. The number of hydrogen-bond donors (Lipinski definition) is 2. The second kappa shape index (κ2) is 11.3. The fourth-order valence-corrected chi connectivity index (χ4v) is 7.42. The van der Waals surface area contributed by atoms with Crippen molar-refractivity contribution in [1.82, 2.24) is 9.88 Å². The standard InChI is InChI=1S/C27H34ClN3O2S2/c1-4-6-13-31(14-7-5-2)15-12-20-18-29-25-10-9-22(17-24(20)25)30-35(32,33)27-19(3)23-16-21(28)8-11-26(23)34-27/h8-11,16-18,29-30H,4-7,12-15H2,1-3H3. The van der Waals surface area contributed by atoms with E-state index in [9.17, 15) is 8.42 Å². The van der Waals surface area contributed by atoms with Crippen molar-refractivity contribution in [1.29, 1.82) is 0 Å². The Hall–Kier alpha value is -2.06. The van der Waals surface area contributed by atoms with Crippen LogP contribution >= 0.6 is 22.9 Å². The number of rotatable bonds is 12. The molecule has 0 aliphatic carbocycles. The van der Waals surface area contributed by atoms with Crippen LogP contribution in [0, 0.1) is 6.92 Å². The Morgan fingerprint density at radius 1 is 1.00 bits per heavy atom. The van der Waals surface area contributed by atoms with Gasteiger partial charge in [-0.15, -0.1) is 11.3 Å². The number of nitrogens with one attached hydrogen (secondary N) is 2. The molecule has 0 radical (unpaired) electrons. The topological polar surface area (TPSA) is 65.2 Å². The maximum Gasteiger partial charge on any atom is 0.271 e. The maximum absolute atomic E-state index is 13.3. The summed E-state index contributed by atoms with van der Waals surface area (Å²) in [5.74, 6) is 0. The van der Waals surface area contributed by atoms with Gasteiger partial charge in [0.05, 0.1) is 0 Å². The first kappa shape index (κ1) is 26.0. The molecular formula is C27H34ClN3O2S2. The molecule has 8 heteroatoms. The van der Waals surface area contributed by atoms with E-state index in [1.165, 1.54) is 42.6 Å². The highest BCUT2D eigenvalue weighted by molar-refractivity contribution is 7.94. The molecule has 35 heavy (non-hydrogen) atoms. The van der Waals surface area contributed by atoms with Crippen LogP contribution < -0.4 is 4.72 Å². The lowest BCUT2D eigenvalue weighted by Gasteiger charge is -2.21. The second-order valence-corrected chi connectivity index (χ2v) is 12.5. The van der Waals surface area contributed by atoms with Crippen LogP contribution in [0.15, 0.2) is 46.8 Å². The number of aromatic amines is 1. The predicted molar refractivity (Wildman–Crippen MR) is 151 cm³/mol. The molecule has 0 fully saturated rings. The first-order valence-corrected chi connectivity index (χ1v) is 15.0. The van der Waals surface area contributed by atoms with Crippen molar-refractivity contribution < 1.29 is 8.42 Å². The van der Waals surface area contributed by atoms with Crippen molar-refractivity contribution in [2.24, 2.45) is 0 Å². The Bertz CT molecular complexity index is 1400. The quantitative estimate of drug-likeness (QED) is 0.198. The molecule has 0 saturated carbocycles. The lowest BCUT2D eigenvalue weighted by atomic mass is 10.1. The maximum atomic E-state index is 13.3. The van der Waals surface area contributed by atoms with E-state index in [1.54, 1.807) is 6.07 Å². The van der Waals surface area contributed by atoms with Gasteiger partial charge in [-0.05, 0) is 92.2 Å². The van der Waals surface area contributed by atoms with Gasteiger partial charge in [0.25, 0.3) is 10.0 Å². The van der Waals surface area contributed by atoms with Crippen molar-refractivity contribution in [3.63, 3.8) is 0 Å². The zero-order valence-electron chi connectivity index (χ0n) is 20.7. The fourth-order valence-electron chi connectivity index (χ4n) is 4.45. The summed E-state index contributed by atoms with van der Waals surface area (Å²) in [6.07, 6.45) is 7.82. The Kier molecular flexibility index (Phi) is 8.42. The van der Waals surface area contributed by atoms with Crippen molar-refractivity contribution in [3.8, 4) is 0 Å². The number of anilines is 1. The zero-order chi connectivity index (χ0) is 25.0. The molecular weight excluding hydrogens is 498 g/mol. The van der Waals surface area contributed by atoms with Gasteiger partial charge in [-0.3, -0.25) is 4.72 Å². The molecule has 0 saturated heterocycles. The molecule has 5 nitrogen and oxygen atoms in total. The minimum atomic E-state index is -3.72. The van der Waals surface area contributed by atoms with Gasteiger partial charge in [0.2, 0.25) is 0 Å². The molecule has 0 amide bonds. The Morgan fingerprint density at radius 2 is 1.74 bits per heavy atom. The molecule has 0 aliphatic heterocycles. The van der Waals surface area contributed by atoms with Gasteiger partial charge in [0.15, 0.2) is 0 Å². The van der Waals surface area contributed by atoms with E-state index in [2.05, 4.69) is 34.7 Å². The molecule has 0 unspecified atom stereocenters. The largest absolute Gasteiger partial charge is 0.361 e. The van der Waals surface area contributed by atoms with Crippen LogP contribution in [0.4, 0.5) is 5.69 Å². The smallest absolute Gasteiger partial charge is 0.271 e. The van der Waals surface area contributed by atoms with Gasteiger partial charge in [-0.2, -0.15) is 0 Å². The normalized spacial score (nSPS) is 12.3. The van der Waals surface area contributed by atoms with Crippen molar-refractivity contribution in [3.05, 3.63) is 58.7 Å². The van der Waals surface area contributed by atoms with E-state index in [0.29, 0.717) is 14.9 Å². The van der Waals surface area contributed by atoms with Crippen LogP contribution in [0.5, 0.6) is 0 Å². The van der Waals surface area contributed by atoms with Gasteiger partial charge in [0.1, 0.15) is 4.21 Å². The third-order valence-electron chi connectivity index (χ3n) is 6.47. The van der Waals surface area contributed by atoms with Crippen LogP contribution in [-0.4, -0.2) is 37.9 Å². The van der Waals surface area contributed by atoms with Crippen molar-refractivity contribution in [2.45, 2.75) is 57.1 Å². The highest BCUT2D eigenvalue weighted by atomic mass is 35.5. The van der Waals surface area contributed by atoms with Gasteiger partial charge < -0.3 is 9.88 Å². The third-order valence-corrected chi connectivity index (χ3v) is 9.98. The third kappa shape index (κ3) is 6.02. The first-order chi connectivity index (χ1) is 16.8. The molecule has 2 aromatic heterocycles. The van der Waals surface area contributed by atoms with Crippen LogP contribution in [0.2, 0.25) is 5.02 Å². The summed E-state index contributed by atoms with van der Waals surface area (Å²) in [6, 6.07) is 11.2. The number of fused-ring (bicyclic) bond motifs is 2. The average Bonchev–Trinajstić information content (AvgIpc) is 3.39. The molecule has 2 heterocycles. The number of thiophene rings is 1. The average molecular weight is 532 g/mol. The monoisotopic (exact) mass is 531 g/mol. The zero-order valence-corrected chi connectivity index (χ0v) is 23.0. The number of halogens is 1. The number of H-pyrrole nitrogens is 1. The summed E-state index contributed by atoms with van der Waals surface area (Å²) in [7, 11) is -3.72. The van der Waals surface area contributed by atoms with Gasteiger partial charge in [-0.25, -0.2) is 8.42 Å². The van der Waals surface area contributed by atoms with E-state index in [4.69, 9.17) is 11.6 Å². The summed E-state index contributed by atoms with van der Waals surface area (Å²) < 4.78 is 30.6. The van der Waals surface area contributed by atoms with E-state index in [-0.39, 0.29) is 0 Å². The summed E-state index contributed by atoms with van der Waals surface area (Å²) >= 11 is 7.40. The lowest BCUT2D eigenvalue weighted by Crippen LogP contribution is -2.28. The van der Waals surface area contributed by atoms with Crippen LogP contribution in [0.3, 0.4) is 0 Å². The van der Waals surface area contributed by atoms with E-state index >= 15 is 0 Å². The highest BCUT2D eigenvalue weighted by Gasteiger charge is 2.22. The van der Waals surface area contributed by atoms with Crippen molar-refractivity contribution >= 4 is 59.6 Å². The summed E-state index contributed by atoms with van der Waals surface area (Å²) in [5, 5.41) is 2.54. The highest BCUT2D eigenvalue weighted by Crippen LogP contribution is 2.36. The first-order valence-electron chi connectivity index (χ1n) is 12.4. The number of sulfonamides is 1. The molecule has 2 N–H and O–H groups in total. The summed E-state index contributed by atoms with van der Waals surface area (Å²) in [5.41, 5.74) is 3.53. The predicted octanol–water partition coefficient (Wildman–Crippen LogP) is 7.59. The van der Waals surface area contributed by atoms with Crippen LogP contribution in [0.1, 0.15) is 50.7 Å². The number of unbranched alkanes of at least 4 members (excludes halogenated alkanes) is 2. The molecule has 4 aromatic rings. The lowest BCUT2D eigenvalue weighted by molar-refractivity contribution is 0.268. The van der Waals surface area contributed by atoms with E-state index < -0.39 is 10.0 Å². The van der Waals surface area contributed by atoms with Gasteiger partial charge in [0, 0.05) is 39.1 Å². The van der Waals surface area contributed by atoms with Crippen LogP contribution in [0.25, 0.3) is 21.0 Å². The minimum absolute atomic E-state index is 0.326. The van der Waals surface area contributed by atoms with Gasteiger partial charge >= 0.3 is 0 Å². The number of aromatic nitrogens is 1. The summed E-state index contributed by atoms with van der Waals surface area (Å²) in [6.45, 7) is 9.56. The van der Waals surface area contributed by atoms with Crippen molar-refractivity contribution in [2.75, 3.05) is 24.4 Å². The Labute approximate surface area is 217 Å². The van der Waals surface area contributed by atoms with Crippen LogP contribution in [-0.2, 0) is 16.4 Å².